The molecule has 1 aliphatic rings. The van der Waals surface area contributed by atoms with Crippen LogP contribution in [0.4, 0.5) is 17.1 Å². The van der Waals surface area contributed by atoms with E-state index in [4.69, 9.17) is 10.8 Å². The molecule has 45 heavy (non-hydrogen) atoms. The van der Waals surface area contributed by atoms with Crippen LogP contribution in [0.2, 0.25) is 0 Å². The van der Waals surface area contributed by atoms with E-state index in [2.05, 4.69) is 20.5 Å². The third-order valence-corrected chi connectivity index (χ3v) is 8.71. The Labute approximate surface area is 267 Å². The second-order valence-corrected chi connectivity index (χ2v) is 12.0. The fourth-order valence-electron chi connectivity index (χ4n) is 5.24. The number of benzene rings is 3. The maximum Gasteiger partial charge on any atom is 0.304 e. The molecule has 1 saturated heterocycles. The zero-order valence-corrected chi connectivity index (χ0v) is 25.8. The van der Waals surface area contributed by atoms with Crippen molar-refractivity contribution in [2.75, 3.05) is 34.8 Å². The number of carboxylic acids is 1. The molecule has 5 rings (SSSR count). The Bertz CT molecular complexity index is 1670. The number of carboxylic acid groups (broad SMARTS) is 1. The molecule has 0 unspecified atom stereocenters. The summed E-state index contributed by atoms with van der Waals surface area (Å²) in [4.78, 5) is 44.4. The fourth-order valence-corrected chi connectivity index (χ4v) is 6.12. The fraction of sp³-hybridized carbons (Fsp3) is 0.257. The van der Waals surface area contributed by atoms with Gasteiger partial charge in [-0.1, -0.05) is 30.3 Å². The number of carbonyl (C=O) groups is 3. The number of aliphatic carboxylic acids is 1. The predicted octanol–water partition coefficient (Wildman–Crippen LogP) is 6.21. The number of nitrogens with two attached hydrogens (primary N) is 1. The molecule has 0 bridgehead atoms. The van der Waals surface area contributed by atoms with Gasteiger partial charge in [-0.2, -0.15) is 11.8 Å². The maximum atomic E-state index is 13.5. The quantitative estimate of drug-likeness (QED) is 0.108. The number of nitrogen functional groups attached to an aromatic ring is 1. The molecule has 0 atom stereocenters. The predicted molar refractivity (Wildman–Crippen MR) is 181 cm³/mol. The van der Waals surface area contributed by atoms with Crippen LogP contribution in [0, 0.1) is 0 Å². The van der Waals surface area contributed by atoms with Gasteiger partial charge in [0.1, 0.15) is 0 Å². The molecule has 4 aromatic rings. The summed E-state index contributed by atoms with van der Waals surface area (Å²) in [6.45, 7) is 2.22. The molecule has 2 heterocycles. The first-order valence-corrected chi connectivity index (χ1v) is 16.2. The van der Waals surface area contributed by atoms with E-state index < -0.39 is 5.97 Å². The van der Waals surface area contributed by atoms with Crippen LogP contribution in [0.1, 0.15) is 57.5 Å². The highest BCUT2D eigenvalue weighted by atomic mass is 32.2. The van der Waals surface area contributed by atoms with Crippen LogP contribution in [-0.2, 0) is 17.1 Å². The lowest BCUT2D eigenvalue weighted by molar-refractivity contribution is -0.136. The molecule has 232 valence electrons. The Hall–Kier alpha value is -4.83. The number of carbonyl (C=O) groups excluding carboxylic acids is 2. The summed E-state index contributed by atoms with van der Waals surface area (Å²) in [7, 11) is 0. The molecule has 2 amide bonds. The van der Waals surface area contributed by atoms with Gasteiger partial charge in [0.25, 0.3) is 11.8 Å². The largest absolute Gasteiger partial charge is 0.481 e. The minimum atomic E-state index is -0.823. The van der Waals surface area contributed by atoms with Gasteiger partial charge in [-0.05, 0) is 78.9 Å². The maximum absolute atomic E-state index is 13.5. The van der Waals surface area contributed by atoms with Crippen LogP contribution >= 0.6 is 11.8 Å². The van der Waals surface area contributed by atoms with E-state index in [9.17, 15) is 14.4 Å². The zero-order chi connectivity index (χ0) is 31.6. The third kappa shape index (κ3) is 8.63. The van der Waals surface area contributed by atoms with Gasteiger partial charge in [-0.25, -0.2) is 0 Å². The number of nitrogens with one attached hydrogen (secondary N) is 2. The van der Waals surface area contributed by atoms with Crippen molar-refractivity contribution in [1.29, 1.82) is 0 Å². The van der Waals surface area contributed by atoms with Crippen molar-refractivity contribution >= 4 is 46.6 Å². The molecule has 9 nitrogen and oxygen atoms in total. The highest BCUT2D eigenvalue weighted by Gasteiger charge is 2.18. The van der Waals surface area contributed by atoms with Crippen molar-refractivity contribution in [3.05, 3.63) is 107 Å². The summed E-state index contributed by atoms with van der Waals surface area (Å²) in [5.41, 5.74) is 12.3. The molecule has 0 radical (unpaired) electrons. The van der Waals surface area contributed by atoms with E-state index in [-0.39, 0.29) is 18.2 Å². The van der Waals surface area contributed by atoms with Gasteiger partial charge in [-0.3, -0.25) is 19.4 Å². The molecule has 10 heteroatoms. The minimum absolute atomic E-state index is 0.0968. The summed E-state index contributed by atoms with van der Waals surface area (Å²) >= 11 is 1.52. The van der Waals surface area contributed by atoms with E-state index in [0.29, 0.717) is 51.8 Å². The molecule has 1 aliphatic heterocycles. The van der Waals surface area contributed by atoms with Gasteiger partial charge in [0.05, 0.1) is 17.8 Å². The molecular weight excluding hydrogens is 586 g/mol. The van der Waals surface area contributed by atoms with Crippen molar-refractivity contribution < 1.29 is 19.5 Å². The van der Waals surface area contributed by atoms with Crippen LogP contribution in [-0.4, -0.2) is 46.7 Å². The first-order chi connectivity index (χ1) is 21.9. The van der Waals surface area contributed by atoms with E-state index in [1.54, 1.807) is 30.5 Å². The smallest absolute Gasteiger partial charge is 0.304 e. The highest BCUT2D eigenvalue weighted by molar-refractivity contribution is 7.98. The number of pyridine rings is 1. The Kier molecular flexibility index (Phi) is 10.7. The Morgan fingerprint density at radius 1 is 0.889 bits per heavy atom. The molecule has 0 spiro atoms. The topological polar surface area (TPSA) is 138 Å². The Morgan fingerprint density at radius 2 is 1.69 bits per heavy atom. The van der Waals surface area contributed by atoms with Gasteiger partial charge in [0, 0.05) is 65.4 Å². The van der Waals surface area contributed by atoms with Crippen molar-refractivity contribution in [3.8, 4) is 11.3 Å². The first-order valence-electron chi connectivity index (χ1n) is 15.0. The first kappa shape index (κ1) is 31.6. The zero-order valence-electron chi connectivity index (χ0n) is 25.0. The van der Waals surface area contributed by atoms with Crippen molar-refractivity contribution in [3.63, 3.8) is 0 Å². The van der Waals surface area contributed by atoms with Gasteiger partial charge in [0.2, 0.25) is 0 Å². The number of nitrogens with zero attached hydrogens (tertiary/aromatic N) is 2. The van der Waals surface area contributed by atoms with Gasteiger partial charge in [-0.15, -0.1) is 0 Å². The van der Waals surface area contributed by atoms with E-state index in [1.807, 2.05) is 54.6 Å². The molecule has 1 aromatic heterocycles. The highest BCUT2D eigenvalue weighted by Crippen LogP contribution is 2.33. The number of hydrogen-bond donors (Lipinski definition) is 4. The monoisotopic (exact) mass is 623 g/mol. The van der Waals surface area contributed by atoms with E-state index in [1.165, 1.54) is 18.2 Å². The number of amides is 2. The molecular formula is C35H37N5O4S. The molecule has 1 fully saturated rings. The molecule has 0 aliphatic carbocycles. The van der Waals surface area contributed by atoms with Crippen LogP contribution in [0.15, 0.2) is 85.1 Å². The Balaban J connectivity index is 1.38. The SMILES string of the molecule is Nc1ccccc1CNC(=O)c1ccnc(-c2cc(N3CCCCC3)ccc2NC(=O)c2cccc(CSCCC(=O)O)c2)c1. The van der Waals surface area contributed by atoms with Gasteiger partial charge in [0.15, 0.2) is 0 Å². The van der Waals surface area contributed by atoms with Crippen LogP contribution < -0.4 is 21.3 Å². The standard InChI is InChI=1S/C35H37N5O4S/c36-30-10-3-2-8-27(30)22-38-34(43)26-13-15-37-32(20-26)29-21-28(40-16-4-1-5-17-40)11-12-31(29)39-35(44)25-9-6-7-24(19-25)23-45-18-14-33(41)42/h2-3,6-13,15,19-21H,1,4-5,14,16-18,22-23,36H2,(H,38,43)(H,39,44)(H,41,42). The minimum Gasteiger partial charge on any atom is -0.481 e. The number of anilines is 3. The Morgan fingerprint density at radius 3 is 2.49 bits per heavy atom. The second-order valence-electron chi connectivity index (χ2n) is 10.9. The second kappa shape index (κ2) is 15.3. The summed E-state index contributed by atoms with van der Waals surface area (Å²) in [5, 5.41) is 14.9. The number of rotatable bonds is 12. The third-order valence-electron chi connectivity index (χ3n) is 7.68. The summed E-state index contributed by atoms with van der Waals surface area (Å²) in [6.07, 6.45) is 5.16. The number of para-hydroxylation sites is 1. The van der Waals surface area contributed by atoms with Crippen molar-refractivity contribution in [2.24, 2.45) is 0 Å². The van der Waals surface area contributed by atoms with Crippen molar-refractivity contribution in [2.45, 2.75) is 38.0 Å². The number of piperidine rings is 1. The lowest BCUT2D eigenvalue weighted by Crippen LogP contribution is -2.29. The average Bonchev–Trinajstić information content (AvgIpc) is 3.07. The van der Waals surface area contributed by atoms with Gasteiger partial charge < -0.3 is 26.4 Å². The molecule has 5 N–H and O–H groups in total. The lowest BCUT2D eigenvalue weighted by Gasteiger charge is -2.29. The lowest BCUT2D eigenvalue weighted by atomic mass is 10.0. The van der Waals surface area contributed by atoms with Crippen LogP contribution in [0.5, 0.6) is 0 Å². The summed E-state index contributed by atoms with van der Waals surface area (Å²) in [6, 6.07) is 24.1. The average molecular weight is 624 g/mol. The van der Waals surface area contributed by atoms with Crippen molar-refractivity contribution in [1.82, 2.24) is 10.3 Å². The number of thioether (sulfide) groups is 1. The number of aromatic nitrogens is 1. The van der Waals surface area contributed by atoms with E-state index >= 15 is 0 Å². The summed E-state index contributed by atoms with van der Waals surface area (Å²) < 4.78 is 0. The van der Waals surface area contributed by atoms with Crippen LogP contribution in [0.25, 0.3) is 11.3 Å². The van der Waals surface area contributed by atoms with Crippen LogP contribution in [0.3, 0.4) is 0 Å². The molecule has 0 saturated carbocycles. The normalized spacial score (nSPS) is 12.8. The molecule has 3 aromatic carbocycles. The summed E-state index contributed by atoms with van der Waals surface area (Å²) in [5.74, 6) is -0.231. The van der Waals surface area contributed by atoms with E-state index in [0.717, 1.165) is 42.7 Å². The van der Waals surface area contributed by atoms with Gasteiger partial charge >= 0.3 is 5.97 Å². The number of hydrogen-bond acceptors (Lipinski definition) is 7.